The van der Waals surface area contributed by atoms with Gasteiger partial charge in [0.25, 0.3) is 0 Å². The molecule has 0 radical (unpaired) electrons. The van der Waals surface area contributed by atoms with Gasteiger partial charge in [0.15, 0.2) is 12.1 Å². The second-order valence-corrected chi connectivity index (χ2v) is 15.5. The number of urea groups is 1. The average molecular weight is 735 g/mol. The molecule has 7 heteroatoms. The number of esters is 2. The molecule has 55 heavy (non-hydrogen) atoms. The van der Waals surface area contributed by atoms with E-state index < -0.39 is 48.2 Å². The molecular weight excluding hydrogens is 685 g/mol. The second kappa shape index (κ2) is 16.4. The lowest BCUT2D eigenvalue weighted by molar-refractivity contribution is -0.166. The zero-order chi connectivity index (χ0) is 38.5. The Balaban J connectivity index is 1.40. The number of ether oxygens (including phenoxy) is 2. The molecule has 282 valence electrons. The minimum Gasteiger partial charge on any atom is -0.467 e. The lowest BCUT2D eigenvalue weighted by Crippen LogP contribution is -2.52. The number of hydrogen-bond acceptors (Lipinski definition) is 5. The Hall–Kier alpha value is -5.69. The summed E-state index contributed by atoms with van der Waals surface area (Å²) in [4.78, 5) is 48.5. The minimum absolute atomic E-state index is 0.00807. The molecule has 0 aromatic heterocycles. The molecule has 1 aliphatic heterocycles. The van der Waals surface area contributed by atoms with Crippen molar-refractivity contribution in [1.82, 2.24) is 9.80 Å². The number of hydrogen-bond donors (Lipinski definition) is 0. The topological polar surface area (TPSA) is 76.2 Å². The third kappa shape index (κ3) is 7.53. The number of nitrogens with zero attached hydrogens (tertiary/aromatic N) is 2. The normalized spacial score (nSPS) is 21.5. The SMILES string of the molecule is COC(=O)C1C(C(=O)OC2CC(C)CCC2C(C)(C)c2ccccc2)N(C(c2ccccc2)c2ccccc2)C(=O)N1C(c1ccccc1)c1ccccc1. The summed E-state index contributed by atoms with van der Waals surface area (Å²) in [6.07, 6.45) is 2.13. The fraction of sp³-hybridized carbons (Fsp3) is 0.312. The van der Waals surface area contributed by atoms with E-state index >= 15 is 9.59 Å². The molecular formula is C48H50N2O5. The van der Waals surface area contributed by atoms with Crippen LogP contribution in [0.4, 0.5) is 4.79 Å². The Kier molecular flexibility index (Phi) is 11.2. The predicted molar refractivity (Wildman–Crippen MR) is 214 cm³/mol. The molecule has 5 unspecified atom stereocenters. The van der Waals surface area contributed by atoms with Crippen molar-refractivity contribution in [1.29, 1.82) is 0 Å². The largest absolute Gasteiger partial charge is 0.467 e. The van der Waals surface area contributed by atoms with Crippen LogP contribution < -0.4 is 0 Å². The number of carbonyl (C=O) groups excluding carboxylic acids is 3. The molecule has 7 rings (SSSR count). The Morgan fingerprint density at radius 1 is 0.600 bits per heavy atom. The Labute approximate surface area is 324 Å². The van der Waals surface area contributed by atoms with Crippen molar-refractivity contribution in [3.63, 3.8) is 0 Å². The maximum Gasteiger partial charge on any atom is 0.332 e. The highest BCUT2D eigenvalue weighted by molar-refractivity contribution is 5.98. The second-order valence-electron chi connectivity index (χ2n) is 15.5. The van der Waals surface area contributed by atoms with Gasteiger partial charge in [0.1, 0.15) is 6.10 Å². The molecule has 1 saturated carbocycles. The molecule has 1 aliphatic carbocycles. The molecule has 0 spiro atoms. The monoisotopic (exact) mass is 734 g/mol. The van der Waals surface area contributed by atoms with Crippen LogP contribution in [0.3, 0.4) is 0 Å². The predicted octanol–water partition coefficient (Wildman–Crippen LogP) is 9.54. The van der Waals surface area contributed by atoms with Gasteiger partial charge in [-0.05, 0) is 52.0 Å². The Bertz CT molecular complexity index is 1960. The zero-order valence-electron chi connectivity index (χ0n) is 32.0. The lowest BCUT2D eigenvalue weighted by atomic mass is 9.64. The van der Waals surface area contributed by atoms with Crippen LogP contribution >= 0.6 is 0 Å². The first-order valence-electron chi connectivity index (χ1n) is 19.3. The van der Waals surface area contributed by atoms with Crippen molar-refractivity contribution in [2.24, 2.45) is 11.8 Å². The third-order valence-electron chi connectivity index (χ3n) is 11.8. The van der Waals surface area contributed by atoms with Crippen LogP contribution in [0.5, 0.6) is 0 Å². The molecule has 5 atom stereocenters. The van der Waals surface area contributed by atoms with Crippen LogP contribution in [-0.4, -0.2) is 53.1 Å². The molecule has 7 nitrogen and oxygen atoms in total. The first-order chi connectivity index (χ1) is 26.7. The molecule has 2 fully saturated rings. The molecule has 5 aromatic rings. The molecule has 0 N–H and O–H groups in total. The van der Waals surface area contributed by atoms with E-state index in [2.05, 4.69) is 32.9 Å². The van der Waals surface area contributed by atoms with Gasteiger partial charge in [-0.1, -0.05) is 179 Å². The van der Waals surface area contributed by atoms with E-state index in [0.29, 0.717) is 12.3 Å². The molecule has 2 amide bonds. The van der Waals surface area contributed by atoms with Gasteiger partial charge < -0.3 is 9.47 Å². The highest BCUT2D eigenvalue weighted by Crippen LogP contribution is 2.46. The third-order valence-corrected chi connectivity index (χ3v) is 11.8. The van der Waals surface area contributed by atoms with Gasteiger partial charge in [-0.3, -0.25) is 9.80 Å². The molecule has 2 aliphatic rings. The van der Waals surface area contributed by atoms with Gasteiger partial charge >= 0.3 is 18.0 Å². The molecule has 5 aromatic carbocycles. The van der Waals surface area contributed by atoms with Gasteiger partial charge in [0.2, 0.25) is 0 Å². The van der Waals surface area contributed by atoms with Crippen LogP contribution in [0.15, 0.2) is 152 Å². The lowest BCUT2D eigenvalue weighted by Gasteiger charge is -2.44. The fourth-order valence-electron chi connectivity index (χ4n) is 8.98. The van der Waals surface area contributed by atoms with E-state index in [1.807, 2.05) is 140 Å². The summed E-state index contributed by atoms with van der Waals surface area (Å²) in [6.45, 7) is 6.64. The van der Waals surface area contributed by atoms with E-state index in [-0.39, 0.29) is 11.3 Å². The zero-order valence-corrected chi connectivity index (χ0v) is 32.0. The van der Waals surface area contributed by atoms with E-state index in [1.165, 1.54) is 12.7 Å². The van der Waals surface area contributed by atoms with Gasteiger partial charge in [-0.15, -0.1) is 0 Å². The maximum absolute atomic E-state index is 15.6. The molecule has 0 bridgehead atoms. The smallest absolute Gasteiger partial charge is 0.332 e. The van der Waals surface area contributed by atoms with Gasteiger partial charge in [0.05, 0.1) is 19.2 Å². The summed E-state index contributed by atoms with van der Waals surface area (Å²) in [5, 5.41) is 0. The van der Waals surface area contributed by atoms with Gasteiger partial charge in [-0.25, -0.2) is 14.4 Å². The van der Waals surface area contributed by atoms with Crippen molar-refractivity contribution in [2.45, 2.75) is 75.7 Å². The quantitative estimate of drug-likeness (QED) is 0.126. The fourth-order valence-corrected chi connectivity index (χ4v) is 8.98. The van der Waals surface area contributed by atoms with E-state index in [1.54, 1.807) is 9.80 Å². The molecule has 1 saturated heterocycles. The highest BCUT2D eigenvalue weighted by Gasteiger charge is 2.59. The minimum atomic E-state index is -1.34. The van der Waals surface area contributed by atoms with Gasteiger partial charge in [0, 0.05) is 5.92 Å². The van der Waals surface area contributed by atoms with Crippen LogP contribution in [0, 0.1) is 11.8 Å². The highest BCUT2D eigenvalue weighted by atomic mass is 16.5. The number of amides is 2. The summed E-state index contributed by atoms with van der Waals surface area (Å²) < 4.78 is 12.3. The standard InChI is InChI=1S/C48H50N2O5/c1-33-30-31-39(48(2,3)38-28-18-9-19-29-38)40(32-33)55-46(52)44-43(45(51)54-4)49(41(34-20-10-5-11-21-34)35-22-12-6-13-23-35)47(53)50(44)42(36-24-14-7-15-25-36)37-26-16-8-17-27-37/h5-29,33,39-44H,30-32H2,1-4H3. The summed E-state index contributed by atoms with van der Waals surface area (Å²) in [5.41, 5.74) is 4.06. The first-order valence-corrected chi connectivity index (χ1v) is 19.3. The van der Waals surface area contributed by atoms with Gasteiger partial charge in [-0.2, -0.15) is 0 Å². The molecule has 1 heterocycles. The number of methoxy groups -OCH3 is 1. The summed E-state index contributed by atoms with van der Waals surface area (Å²) in [5.74, 6) is -0.964. The number of rotatable bonds is 11. The summed E-state index contributed by atoms with van der Waals surface area (Å²) in [7, 11) is 1.31. The van der Waals surface area contributed by atoms with E-state index in [9.17, 15) is 4.79 Å². The van der Waals surface area contributed by atoms with Crippen molar-refractivity contribution in [3.8, 4) is 0 Å². The van der Waals surface area contributed by atoms with Crippen LogP contribution in [-0.2, 0) is 24.5 Å². The Morgan fingerprint density at radius 2 is 0.982 bits per heavy atom. The van der Waals surface area contributed by atoms with Crippen molar-refractivity contribution in [2.75, 3.05) is 7.11 Å². The van der Waals surface area contributed by atoms with Crippen LogP contribution in [0.2, 0.25) is 0 Å². The Morgan fingerprint density at radius 3 is 1.38 bits per heavy atom. The summed E-state index contributed by atoms with van der Waals surface area (Å²) in [6, 6.07) is 44.4. The van der Waals surface area contributed by atoms with E-state index in [4.69, 9.17) is 9.47 Å². The maximum atomic E-state index is 15.6. The number of carbonyl (C=O) groups is 3. The van der Waals surface area contributed by atoms with Crippen LogP contribution in [0.25, 0.3) is 0 Å². The van der Waals surface area contributed by atoms with E-state index in [0.717, 1.165) is 35.1 Å². The van der Waals surface area contributed by atoms with Crippen molar-refractivity contribution in [3.05, 3.63) is 179 Å². The summed E-state index contributed by atoms with van der Waals surface area (Å²) >= 11 is 0. The first kappa shape index (κ1) is 37.6. The van der Waals surface area contributed by atoms with Crippen LogP contribution in [0.1, 0.15) is 79.9 Å². The number of benzene rings is 5. The average Bonchev–Trinajstić information content (AvgIpc) is 3.51. The van der Waals surface area contributed by atoms with Crippen molar-refractivity contribution < 1.29 is 23.9 Å². The van der Waals surface area contributed by atoms with Crippen molar-refractivity contribution >= 4 is 18.0 Å².